The number of ether oxygens (including phenoxy) is 1. The highest BCUT2D eigenvalue weighted by Gasteiger charge is 2.36. The van der Waals surface area contributed by atoms with Crippen molar-refractivity contribution >= 4 is 23.7 Å². The Morgan fingerprint density at radius 3 is 2.73 bits per heavy atom. The lowest BCUT2D eigenvalue weighted by molar-refractivity contribution is 0.301. The van der Waals surface area contributed by atoms with E-state index < -0.39 is 5.54 Å². The van der Waals surface area contributed by atoms with E-state index in [2.05, 4.69) is 15.1 Å². The van der Waals surface area contributed by atoms with Gasteiger partial charge >= 0.3 is 0 Å². The highest BCUT2D eigenvalue weighted by Crippen LogP contribution is 2.36. The molecule has 1 aliphatic carbocycles. The molecule has 4 rings (SSSR count). The molecule has 1 aliphatic rings. The summed E-state index contributed by atoms with van der Waals surface area (Å²) in [6.45, 7) is 2.39. The van der Waals surface area contributed by atoms with Crippen LogP contribution in [0.4, 0.5) is 0 Å². The fourth-order valence-corrected chi connectivity index (χ4v) is 3.76. The first-order valence-corrected chi connectivity index (χ1v) is 9.28. The average molecular weight is 393 g/mol. The average Bonchev–Trinajstić information content (AvgIpc) is 3.35. The molecule has 0 unspecified atom stereocenters. The third-order valence-corrected chi connectivity index (χ3v) is 5.35. The van der Waals surface area contributed by atoms with Gasteiger partial charge in [0.1, 0.15) is 12.4 Å². The highest BCUT2D eigenvalue weighted by atomic mass is 35.5. The first-order valence-electron chi connectivity index (χ1n) is 8.40. The van der Waals surface area contributed by atoms with Crippen LogP contribution in [0.3, 0.4) is 0 Å². The van der Waals surface area contributed by atoms with Crippen molar-refractivity contribution in [3.63, 3.8) is 0 Å². The number of hydrogen-bond donors (Lipinski definition) is 1. The lowest BCUT2D eigenvalue weighted by Gasteiger charge is -2.17. The van der Waals surface area contributed by atoms with Crippen molar-refractivity contribution in [1.82, 2.24) is 15.1 Å². The number of aryl methyl sites for hydroxylation is 1. The Kier molecular flexibility index (Phi) is 5.60. The molecule has 0 spiro atoms. The van der Waals surface area contributed by atoms with E-state index in [9.17, 15) is 0 Å². The van der Waals surface area contributed by atoms with Crippen molar-refractivity contribution in [3.05, 3.63) is 46.2 Å². The Hall–Kier alpha value is -1.96. The Bertz CT molecular complexity index is 873. The van der Waals surface area contributed by atoms with Gasteiger partial charge in [-0.2, -0.15) is 4.98 Å². The number of aromatic nitrogens is 3. The van der Waals surface area contributed by atoms with Gasteiger partial charge in [-0.15, -0.1) is 23.7 Å². The molecule has 3 aromatic rings. The smallest absolute Gasteiger partial charge is 0.261 e. The molecule has 1 aromatic carbocycles. The van der Waals surface area contributed by atoms with E-state index in [0.29, 0.717) is 24.1 Å². The van der Waals surface area contributed by atoms with Crippen LogP contribution >= 0.6 is 23.7 Å². The van der Waals surface area contributed by atoms with Crippen LogP contribution in [0.5, 0.6) is 5.75 Å². The summed E-state index contributed by atoms with van der Waals surface area (Å²) in [7, 11) is 0. The number of hydrogen-bond acceptors (Lipinski definition) is 7. The molecule has 8 heteroatoms. The van der Waals surface area contributed by atoms with E-state index in [1.165, 1.54) is 0 Å². The van der Waals surface area contributed by atoms with E-state index in [1.54, 1.807) is 11.3 Å². The van der Waals surface area contributed by atoms with Gasteiger partial charge in [0.2, 0.25) is 0 Å². The molecule has 2 heterocycles. The molecule has 26 heavy (non-hydrogen) atoms. The van der Waals surface area contributed by atoms with Gasteiger partial charge in [-0.1, -0.05) is 30.1 Å². The molecular weight excluding hydrogens is 372 g/mol. The summed E-state index contributed by atoms with van der Waals surface area (Å²) in [4.78, 5) is 8.98. The monoisotopic (exact) mass is 392 g/mol. The van der Waals surface area contributed by atoms with Crippen molar-refractivity contribution in [2.75, 3.05) is 0 Å². The van der Waals surface area contributed by atoms with Crippen LogP contribution < -0.4 is 10.5 Å². The summed E-state index contributed by atoms with van der Waals surface area (Å²) < 4.78 is 11.4. The maximum atomic E-state index is 6.42. The summed E-state index contributed by atoms with van der Waals surface area (Å²) in [6.07, 6.45) is 4.00. The van der Waals surface area contributed by atoms with Gasteiger partial charge in [-0.3, -0.25) is 0 Å². The number of para-hydroxylation sites is 1. The maximum absolute atomic E-state index is 6.42. The summed E-state index contributed by atoms with van der Waals surface area (Å²) >= 11 is 1.61. The Morgan fingerprint density at radius 2 is 2.00 bits per heavy atom. The molecule has 0 amide bonds. The minimum absolute atomic E-state index is 0. The van der Waals surface area contributed by atoms with Crippen LogP contribution in [0.1, 0.15) is 42.2 Å². The maximum Gasteiger partial charge on any atom is 0.261 e. The van der Waals surface area contributed by atoms with Crippen molar-refractivity contribution in [2.45, 2.75) is 44.8 Å². The molecule has 2 aromatic heterocycles. The quantitative estimate of drug-likeness (QED) is 0.699. The van der Waals surface area contributed by atoms with E-state index in [4.69, 9.17) is 15.0 Å². The van der Waals surface area contributed by atoms with Crippen molar-refractivity contribution in [3.8, 4) is 17.2 Å². The summed E-state index contributed by atoms with van der Waals surface area (Å²) in [5, 5.41) is 7.16. The molecule has 0 bridgehead atoms. The van der Waals surface area contributed by atoms with Crippen LogP contribution in [0.15, 0.2) is 34.2 Å². The van der Waals surface area contributed by atoms with E-state index >= 15 is 0 Å². The number of halogens is 1. The van der Waals surface area contributed by atoms with Crippen LogP contribution in [0.25, 0.3) is 11.5 Å². The van der Waals surface area contributed by atoms with Gasteiger partial charge in [0.15, 0.2) is 5.82 Å². The second-order valence-corrected chi connectivity index (χ2v) is 7.49. The van der Waals surface area contributed by atoms with Crippen molar-refractivity contribution in [1.29, 1.82) is 0 Å². The van der Waals surface area contributed by atoms with Crippen molar-refractivity contribution in [2.24, 2.45) is 5.73 Å². The molecule has 2 N–H and O–H groups in total. The molecule has 0 saturated heterocycles. The third-order valence-electron chi connectivity index (χ3n) is 4.53. The molecule has 138 valence electrons. The molecule has 0 atom stereocenters. The molecule has 0 aliphatic heterocycles. The number of rotatable bonds is 5. The highest BCUT2D eigenvalue weighted by molar-refractivity contribution is 7.09. The fourth-order valence-electron chi connectivity index (χ4n) is 3.16. The lowest BCUT2D eigenvalue weighted by atomic mass is 9.99. The van der Waals surface area contributed by atoms with E-state index in [-0.39, 0.29) is 12.4 Å². The topological polar surface area (TPSA) is 87.1 Å². The lowest BCUT2D eigenvalue weighted by Crippen LogP contribution is -2.34. The van der Waals surface area contributed by atoms with Gasteiger partial charge in [-0.05, 0) is 31.9 Å². The summed E-state index contributed by atoms with van der Waals surface area (Å²) in [5.74, 6) is 1.72. The zero-order valence-corrected chi connectivity index (χ0v) is 16.1. The second kappa shape index (κ2) is 7.73. The van der Waals surface area contributed by atoms with Gasteiger partial charge in [0.25, 0.3) is 5.89 Å². The Morgan fingerprint density at radius 1 is 1.23 bits per heavy atom. The standard InChI is InChI=1S/C18H20N4O2S.ClH/c1-12-20-13(11-25-12)10-23-15-7-3-2-6-14(15)16-21-17(22-24-16)18(19)8-4-5-9-18;/h2-3,6-7,11H,4-5,8-10,19H2,1H3;1H. The fraction of sp³-hybridized carbons (Fsp3) is 0.389. The minimum atomic E-state index is -0.463. The first kappa shape index (κ1) is 18.8. The number of benzene rings is 1. The Balaban J connectivity index is 0.00000196. The summed E-state index contributed by atoms with van der Waals surface area (Å²) in [5.41, 5.74) is 7.65. The Labute approximate surface area is 162 Å². The number of thiazole rings is 1. The molecule has 1 fully saturated rings. The molecular formula is C18H21ClN4O2S. The zero-order valence-electron chi connectivity index (χ0n) is 14.5. The van der Waals surface area contributed by atoms with Crippen LogP contribution in [-0.2, 0) is 12.1 Å². The SMILES string of the molecule is Cc1nc(COc2ccccc2-c2nc(C3(N)CCCC3)no2)cs1.Cl. The van der Waals surface area contributed by atoms with Gasteiger partial charge in [-0.25, -0.2) is 4.98 Å². The molecule has 1 saturated carbocycles. The minimum Gasteiger partial charge on any atom is -0.486 e. The van der Waals surface area contributed by atoms with Gasteiger partial charge in [0.05, 0.1) is 21.8 Å². The largest absolute Gasteiger partial charge is 0.486 e. The third kappa shape index (κ3) is 3.75. The predicted octanol–water partition coefficient (Wildman–Crippen LogP) is 4.23. The van der Waals surface area contributed by atoms with E-state index in [0.717, 1.165) is 41.9 Å². The number of nitrogens with zero attached hydrogens (tertiary/aromatic N) is 3. The van der Waals surface area contributed by atoms with Gasteiger partial charge < -0.3 is 15.0 Å². The number of nitrogens with two attached hydrogens (primary N) is 1. The second-order valence-electron chi connectivity index (χ2n) is 6.43. The molecule has 6 nitrogen and oxygen atoms in total. The van der Waals surface area contributed by atoms with Crippen LogP contribution in [0, 0.1) is 6.92 Å². The summed E-state index contributed by atoms with van der Waals surface area (Å²) in [6, 6.07) is 7.65. The zero-order chi connectivity index (χ0) is 17.3. The molecule has 0 radical (unpaired) electrons. The van der Waals surface area contributed by atoms with Gasteiger partial charge in [0, 0.05) is 5.38 Å². The first-order chi connectivity index (χ1) is 12.1. The van der Waals surface area contributed by atoms with E-state index in [1.807, 2.05) is 36.6 Å². The van der Waals surface area contributed by atoms with Crippen LogP contribution in [0.2, 0.25) is 0 Å². The predicted molar refractivity (Wildman–Crippen MR) is 102 cm³/mol. The van der Waals surface area contributed by atoms with Crippen molar-refractivity contribution < 1.29 is 9.26 Å². The normalized spacial score (nSPS) is 15.6. The van der Waals surface area contributed by atoms with Crippen LogP contribution in [-0.4, -0.2) is 15.1 Å².